The van der Waals surface area contributed by atoms with Crippen molar-refractivity contribution in [2.24, 2.45) is 11.8 Å². The highest BCUT2D eigenvalue weighted by Crippen LogP contribution is 2.48. The normalized spacial score (nSPS) is 25.9. The molecule has 1 N–H and O–H groups in total. The second-order valence-corrected chi connectivity index (χ2v) is 8.40. The Bertz CT molecular complexity index is 818. The zero-order valence-corrected chi connectivity index (χ0v) is 16.5. The van der Waals surface area contributed by atoms with Crippen LogP contribution < -0.4 is 10.2 Å². The summed E-state index contributed by atoms with van der Waals surface area (Å²) in [5.74, 6) is 0.838. The lowest BCUT2D eigenvalue weighted by Gasteiger charge is -2.26. The zero-order valence-electron chi connectivity index (χ0n) is 16.5. The van der Waals surface area contributed by atoms with Gasteiger partial charge in [-0.3, -0.25) is 14.9 Å². The van der Waals surface area contributed by atoms with Crippen LogP contribution in [-0.4, -0.2) is 54.5 Å². The molecule has 29 heavy (non-hydrogen) atoms. The number of nitro groups is 1. The number of hydrogen-bond acceptors (Lipinski definition) is 6. The number of fused-ring (bicyclic) bond motifs is 1. The summed E-state index contributed by atoms with van der Waals surface area (Å²) in [6, 6.07) is 6.77. The van der Waals surface area contributed by atoms with Crippen molar-refractivity contribution < 1.29 is 9.72 Å². The van der Waals surface area contributed by atoms with Crippen LogP contribution in [0.15, 0.2) is 18.2 Å². The first-order valence-corrected chi connectivity index (χ1v) is 10.5. The molecule has 8 nitrogen and oxygen atoms in total. The number of carbonyl (C=O) groups excluding carboxylic acids is 1. The van der Waals surface area contributed by atoms with E-state index in [2.05, 4.69) is 10.2 Å². The largest absolute Gasteiger partial charge is 0.365 e. The summed E-state index contributed by atoms with van der Waals surface area (Å²) in [5, 5.41) is 23.5. The standard InChI is InChI=1S/C21H27N5O3/c22-12-15-6-7-18(19(11-15)26(28)29)25-13-16-17(14-25)21(16)23-20(27)5-4-10-24-8-2-1-3-9-24/h6-7,11,16-17,21H,1-5,8-10,13-14H2,(H,23,27)/t16-,17+,21?. The van der Waals surface area contributed by atoms with E-state index < -0.39 is 4.92 Å². The fourth-order valence-corrected chi connectivity index (χ4v) is 4.85. The first kappa shape index (κ1) is 19.6. The molecule has 4 rings (SSSR count). The molecule has 3 fully saturated rings. The van der Waals surface area contributed by atoms with Gasteiger partial charge in [-0.1, -0.05) is 6.42 Å². The molecule has 1 aromatic rings. The fourth-order valence-electron chi connectivity index (χ4n) is 4.85. The quantitative estimate of drug-likeness (QED) is 0.559. The van der Waals surface area contributed by atoms with Gasteiger partial charge in [-0.05, 0) is 51.0 Å². The molecule has 2 aliphatic heterocycles. The first-order valence-electron chi connectivity index (χ1n) is 10.5. The lowest BCUT2D eigenvalue weighted by atomic mass is 10.1. The van der Waals surface area contributed by atoms with Crippen LogP contribution in [-0.2, 0) is 4.79 Å². The third-order valence-corrected chi connectivity index (χ3v) is 6.49. The SMILES string of the molecule is N#Cc1ccc(N2C[C@@H]3C(NC(=O)CCCN4CCCCC4)[C@@H]3C2)c([N+](=O)[O-])c1. The number of likely N-dealkylation sites (tertiary alicyclic amines) is 1. The van der Waals surface area contributed by atoms with Gasteiger partial charge in [0, 0.05) is 43.5 Å². The Hall–Kier alpha value is -2.66. The van der Waals surface area contributed by atoms with E-state index in [1.807, 2.05) is 11.0 Å². The maximum absolute atomic E-state index is 12.3. The van der Waals surface area contributed by atoms with Crippen LogP contribution in [0.3, 0.4) is 0 Å². The number of amides is 1. The van der Waals surface area contributed by atoms with E-state index in [-0.39, 0.29) is 17.6 Å². The predicted octanol–water partition coefficient (Wildman–Crippen LogP) is 2.28. The highest BCUT2D eigenvalue weighted by molar-refractivity contribution is 5.77. The van der Waals surface area contributed by atoms with Crippen molar-refractivity contribution in [2.45, 2.75) is 38.1 Å². The Morgan fingerprint density at radius 2 is 1.97 bits per heavy atom. The summed E-state index contributed by atoms with van der Waals surface area (Å²) in [4.78, 5) is 27.7. The number of nitriles is 1. The number of piperidine rings is 2. The Kier molecular flexibility index (Phi) is 5.67. The molecule has 0 spiro atoms. The van der Waals surface area contributed by atoms with Crippen molar-refractivity contribution >= 4 is 17.3 Å². The maximum atomic E-state index is 12.3. The molecule has 3 aliphatic rings. The molecule has 0 aromatic heterocycles. The van der Waals surface area contributed by atoms with Gasteiger partial charge in [-0.15, -0.1) is 0 Å². The van der Waals surface area contributed by atoms with Gasteiger partial charge < -0.3 is 15.1 Å². The van der Waals surface area contributed by atoms with Crippen LogP contribution in [0.1, 0.15) is 37.7 Å². The van der Waals surface area contributed by atoms with Gasteiger partial charge in [-0.2, -0.15) is 5.26 Å². The number of nitrogens with one attached hydrogen (secondary N) is 1. The minimum atomic E-state index is -0.429. The lowest BCUT2D eigenvalue weighted by Crippen LogP contribution is -2.35. The van der Waals surface area contributed by atoms with Crippen molar-refractivity contribution in [3.8, 4) is 6.07 Å². The van der Waals surface area contributed by atoms with Gasteiger partial charge in [-0.25, -0.2) is 0 Å². The highest BCUT2D eigenvalue weighted by Gasteiger charge is 2.57. The monoisotopic (exact) mass is 397 g/mol. The van der Waals surface area contributed by atoms with E-state index in [9.17, 15) is 14.9 Å². The van der Waals surface area contributed by atoms with Crippen LogP contribution in [0.4, 0.5) is 11.4 Å². The number of hydrogen-bond donors (Lipinski definition) is 1. The molecular weight excluding hydrogens is 370 g/mol. The van der Waals surface area contributed by atoms with Crippen molar-refractivity contribution in [1.29, 1.82) is 5.26 Å². The molecule has 2 saturated heterocycles. The van der Waals surface area contributed by atoms with E-state index >= 15 is 0 Å². The minimum Gasteiger partial charge on any atom is -0.365 e. The van der Waals surface area contributed by atoms with Crippen LogP contribution in [0.5, 0.6) is 0 Å². The third kappa shape index (κ3) is 4.35. The number of nitrogens with zero attached hydrogens (tertiary/aromatic N) is 4. The van der Waals surface area contributed by atoms with Gasteiger partial charge in [0.05, 0.1) is 16.6 Å². The predicted molar refractivity (Wildman–Crippen MR) is 108 cm³/mol. The summed E-state index contributed by atoms with van der Waals surface area (Å²) in [5.41, 5.74) is 0.830. The van der Waals surface area contributed by atoms with E-state index in [0.717, 1.165) is 26.1 Å². The summed E-state index contributed by atoms with van der Waals surface area (Å²) in [6.07, 6.45) is 5.33. The Labute approximate surface area is 170 Å². The van der Waals surface area contributed by atoms with E-state index in [1.165, 1.54) is 25.3 Å². The average Bonchev–Trinajstić information content (AvgIpc) is 3.16. The van der Waals surface area contributed by atoms with Crippen molar-refractivity contribution in [1.82, 2.24) is 10.2 Å². The molecule has 154 valence electrons. The van der Waals surface area contributed by atoms with E-state index in [4.69, 9.17) is 5.26 Å². The number of benzene rings is 1. The number of anilines is 1. The summed E-state index contributed by atoms with van der Waals surface area (Å²) < 4.78 is 0. The van der Waals surface area contributed by atoms with Gasteiger partial charge in [0.2, 0.25) is 5.91 Å². The Morgan fingerprint density at radius 1 is 1.24 bits per heavy atom. The number of carbonyl (C=O) groups is 1. The number of nitro benzene ring substituents is 1. The second kappa shape index (κ2) is 8.37. The molecule has 1 aliphatic carbocycles. The average molecular weight is 397 g/mol. The van der Waals surface area contributed by atoms with Crippen LogP contribution in [0.25, 0.3) is 0 Å². The van der Waals surface area contributed by atoms with Crippen LogP contribution in [0.2, 0.25) is 0 Å². The van der Waals surface area contributed by atoms with Gasteiger partial charge in [0.25, 0.3) is 5.69 Å². The molecule has 2 heterocycles. The van der Waals surface area contributed by atoms with Crippen LogP contribution >= 0.6 is 0 Å². The van der Waals surface area contributed by atoms with Gasteiger partial charge in [0.1, 0.15) is 5.69 Å². The minimum absolute atomic E-state index is 0.0244. The second-order valence-electron chi connectivity index (χ2n) is 8.40. The zero-order chi connectivity index (χ0) is 20.4. The number of rotatable bonds is 7. The van der Waals surface area contributed by atoms with Crippen molar-refractivity contribution in [2.75, 3.05) is 37.6 Å². The Morgan fingerprint density at radius 3 is 2.62 bits per heavy atom. The van der Waals surface area contributed by atoms with Gasteiger partial charge in [0.15, 0.2) is 0 Å². The molecule has 0 bridgehead atoms. The lowest BCUT2D eigenvalue weighted by molar-refractivity contribution is -0.384. The molecule has 1 saturated carbocycles. The van der Waals surface area contributed by atoms with Gasteiger partial charge >= 0.3 is 0 Å². The van der Waals surface area contributed by atoms with Crippen LogP contribution in [0, 0.1) is 33.3 Å². The van der Waals surface area contributed by atoms with E-state index in [1.54, 1.807) is 12.1 Å². The van der Waals surface area contributed by atoms with Crippen molar-refractivity contribution in [3.63, 3.8) is 0 Å². The maximum Gasteiger partial charge on any atom is 0.293 e. The van der Waals surface area contributed by atoms with Crippen molar-refractivity contribution in [3.05, 3.63) is 33.9 Å². The molecule has 8 heteroatoms. The topological polar surface area (TPSA) is 103 Å². The summed E-state index contributed by atoms with van der Waals surface area (Å²) in [6.45, 7) is 4.73. The molecule has 3 atom stereocenters. The smallest absolute Gasteiger partial charge is 0.293 e. The first-order chi connectivity index (χ1) is 14.1. The molecular formula is C21H27N5O3. The Balaban J connectivity index is 1.24. The third-order valence-electron chi connectivity index (χ3n) is 6.49. The molecule has 0 radical (unpaired) electrons. The molecule has 1 unspecified atom stereocenters. The molecule has 1 aromatic carbocycles. The summed E-state index contributed by atoms with van der Waals surface area (Å²) in [7, 11) is 0. The fraction of sp³-hybridized carbons (Fsp3) is 0.619. The highest BCUT2D eigenvalue weighted by atomic mass is 16.6. The summed E-state index contributed by atoms with van der Waals surface area (Å²) >= 11 is 0. The molecule has 1 amide bonds. The van der Waals surface area contributed by atoms with E-state index in [0.29, 0.717) is 42.6 Å².